The van der Waals surface area contributed by atoms with Crippen LogP contribution in [0.25, 0.3) is 0 Å². The van der Waals surface area contributed by atoms with E-state index >= 15 is 0 Å². The molecule has 0 fully saturated rings. The summed E-state index contributed by atoms with van der Waals surface area (Å²) >= 11 is 0. The Balaban J connectivity index is 2.17. The van der Waals surface area contributed by atoms with Crippen molar-refractivity contribution in [3.8, 4) is 0 Å². The monoisotopic (exact) mass is 268 g/mol. The standard InChI is InChI=1S/C17H20N2O/c1-4-18-15-9-5-13(6-10-15)17(20)14-7-11-16(12-8-14)19(2)3/h5-12,18H,4H2,1-3H3. The summed E-state index contributed by atoms with van der Waals surface area (Å²) in [6.45, 7) is 2.92. The molecule has 0 saturated heterocycles. The van der Waals surface area contributed by atoms with Gasteiger partial charge in [0.2, 0.25) is 0 Å². The molecular formula is C17H20N2O. The van der Waals surface area contributed by atoms with E-state index < -0.39 is 0 Å². The minimum Gasteiger partial charge on any atom is -0.385 e. The lowest BCUT2D eigenvalue weighted by Crippen LogP contribution is -2.09. The maximum atomic E-state index is 12.4. The van der Waals surface area contributed by atoms with Gasteiger partial charge in [-0.25, -0.2) is 0 Å². The van der Waals surface area contributed by atoms with Crippen molar-refractivity contribution in [1.82, 2.24) is 0 Å². The highest BCUT2D eigenvalue weighted by Crippen LogP contribution is 2.17. The highest BCUT2D eigenvalue weighted by atomic mass is 16.1. The van der Waals surface area contributed by atoms with Gasteiger partial charge < -0.3 is 10.2 Å². The molecule has 2 rings (SSSR count). The van der Waals surface area contributed by atoms with Crippen LogP contribution in [-0.4, -0.2) is 26.4 Å². The van der Waals surface area contributed by atoms with Gasteiger partial charge in [-0.15, -0.1) is 0 Å². The van der Waals surface area contributed by atoms with Gasteiger partial charge in [-0.2, -0.15) is 0 Å². The molecule has 2 aromatic carbocycles. The van der Waals surface area contributed by atoms with Gasteiger partial charge in [0, 0.05) is 43.1 Å². The third-order valence-corrected chi connectivity index (χ3v) is 3.17. The normalized spacial score (nSPS) is 10.2. The van der Waals surface area contributed by atoms with Gasteiger partial charge in [0.05, 0.1) is 0 Å². The molecule has 2 aromatic rings. The van der Waals surface area contributed by atoms with Gasteiger partial charge in [-0.3, -0.25) is 4.79 Å². The minimum atomic E-state index is 0.0540. The first-order valence-electron chi connectivity index (χ1n) is 6.78. The van der Waals surface area contributed by atoms with E-state index in [0.717, 1.165) is 17.9 Å². The smallest absolute Gasteiger partial charge is 0.193 e. The lowest BCUT2D eigenvalue weighted by molar-refractivity contribution is 0.103. The molecule has 20 heavy (non-hydrogen) atoms. The van der Waals surface area contributed by atoms with E-state index in [1.54, 1.807) is 0 Å². The van der Waals surface area contributed by atoms with Crippen molar-refractivity contribution in [2.75, 3.05) is 30.9 Å². The van der Waals surface area contributed by atoms with Crippen LogP contribution >= 0.6 is 0 Å². The summed E-state index contributed by atoms with van der Waals surface area (Å²) in [7, 11) is 3.96. The summed E-state index contributed by atoms with van der Waals surface area (Å²) in [5.74, 6) is 0.0540. The molecule has 0 radical (unpaired) electrons. The van der Waals surface area contributed by atoms with Crippen molar-refractivity contribution < 1.29 is 4.79 Å². The van der Waals surface area contributed by atoms with E-state index in [1.807, 2.05) is 74.4 Å². The summed E-state index contributed by atoms with van der Waals surface area (Å²) in [6, 6.07) is 15.3. The Morgan fingerprint density at radius 1 is 0.950 bits per heavy atom. The van der Waals surface area contributed by atoms with Gasteiger partial charge in [0.1, 0.15) is 0 Å². The number of anilines is 2. The van der Waals surface area contributed by atoms with Crippen molar-refractivity contribution >= 4 is 17.2 Å². The van der Waals surface area contributed by atoms with Crippen LogP contribution in [0.5, 0.6) is 0 Å². The third-order valence-electron chi connectivity index (χ3n) is 3.17. The first-order chi connectivity index (χ1) is 9.61. The zero-order valence-electron chi connectivity index (χ0n) is 12.2. The lowest BCUT2D eigenvalue weighted by atomic mass is 10.0. The number of carbonyl (C=O) groups excluding carboxylic acids is 1. The van der Waals surface area contributed by atoms with Crippen molar-refractivity contribution in [2.24, 2.45) is 0 Å². The fourth-order valence-electron chi connectivity index (χ4n) is 2.02. The molecule has 104 valence electrons. The summed E-state index contributed by atoms with van der Waals surface area (Å²) in [4.78, 5) is 14.4. The lowest BCUT2D eigenvalue weighted by Gasteiger charge is -2.12. The average molecular weight is 268 g/mol. The Morgan fingerprint density at radius 2 is 1.45 bits per heavy atom. The van der Waals surface area contributed by atoms with E-state index in [-0.39, 0.29) is 5.78 Å². The molecule has 0 heterocycles. The van der Waals surface area contributed by atoms with Gasteiger partial charge >= 0.3 is 0 Å². The number of rotatable bonds is 5. The molecule has 0 aromatic heterocycles. The maximum Gasteiger partial charge on any atom is 0.193 e. The van der Waals surface area contributed by atoms with Crippen molar-refractivity contribution in [1.29, 1.82) is 0 Å². The van der Waals surface area contributed by atoms with Gasteiger partial charge in [0.25, 0.3) is 0 Å². The van der Waals surface area contributed by atoms with Gasteiger partial charge in [-0.05, 0) is 55.5 Å². The second-order valence-electron chi connectivity index (χ2n) is 4.88. The topological polar surface area (TPSA) is 32.3 Å². The molecule has 0 aliphatic rings. The number of carbonyl (C=O) groups is 1. The van der Waals surface area contributed by atoms with Crippen molar-refractivity contribution in [3.05, 3.63) is 59.7 Å². The largest absolute Gasteiger partial charge is 0.385 e. The predicted octanol–water partition coefficient (Wildman–Crippen LogP) is 3.42. The Labute approximate surface area is 120 Å². The van der Waals surface area contributed by atoms with E-state index in [1.165, 1.54) is 0 Å². The Kier molecular flexibility index (Phi) is 4.41. The molecular weight excluding hydrogens is 248 g/mol. The summed E-state index contributed by atoms with van der Waals surface area (Å²) in [5, 5.41) is 3.22. The minimum absolute atomic E-state index is 0.0540. The number of benzene rings is 2. The second kappa shape index (κ2) is 6.24. The summed E-state index contributed by atoms with van der Waals surface area (Å²) < 4.78 is 0. The van der Waals surface area contributed by atoms with E-state index in [9.17, 15) is 4.79 Å². The van der Waals surface area contributed by atoms with Crippen LogP contribution in [0.4, 0.5) is 11.4 Å². The molecule has 0 aliphatic heterocycles. The average Bonchev–Trinajstić information content (AvgIpc) is 2.48. The summed E-state index contributed by atoms with van der Waals surface area (Å²) in [5.41, 5.74) is 3.55. The molecule has 0 amide bonds. The van der Waals surface area contributed by atoms with Crippen LogP contribution in [0.15, 0.2) is 48.5 Å². The molecule has 3 nitrogen and oxygen atoms in total. The molecule has 0 aliphatic carbocycles. The van der Waals surface area contributed by atoms with Crippen LogP contribution < -0.4 is 10.2 Å². The Morgan fingerprint density at radius 3 is 1.90 bits per heavy atom. The van der Waals surface area contributed by atoms with E-state index in [0.29, 0.717) is 11.1 Å². The first kappa shape index (κ1) is 14.1. The fourth-order valence-corrected chi connectivity index (χ4v) is 2.02. The Bertz CT molecular complexity index is 571. The van der Waals surface area contributed by atoms with Crippen LogP contribution in [0, 0.1) is 0 Å². The molecule has 0 unspecified atom stereocenters. The summed E-state index contributed by atoms with van der Waals surface area (Å²) in [6.07, 6.45) is 0. The van der Waals surface area contributed by atoms with Gasteiger partial charge in [0.15, 0.2) is 5.78 Å². The SMILES string of the molecule is CCNc1ccc(C(=O)c2ccc(N(C)C)cc2)cc1. The highest BCUT2D eigenvalue weighted by Gasteiger charge is 2.09. The van der Waals surface area contributed by atoms with Crippen molar-refractivity contribution in [2.45, 2.75) is 6.92 Å². The van der Waals surface area contributed by atoms with E-state index in [4.69, 9.17) is 0 Å². The van der Waals surface area contributed by atoms with Crippen LogP contribution in [0.2, 0.25) is 0 Å². The quantitative estimate of drug-likeness (QED) is 0.843. The molecule has 0 spiro atoms. The van der Waals surface area contributed by atoms with E-state index in [2.05, 4.69) is 5.32 Å². The number of nitrogens with zero attached hydrogens (tertiary/aromatic N) is 1. The molecule has 3 heteroatoms. The zero-order valence-corrected chi connectivity index (χ0v) is 12.2. The maximum absolute atomic E-state index is 12.4. The molecule has 0 saturated carbocycles. The second-order valence-corrected chi connectivity index (χ2v) is 4.88. The number of hydrogen-bond acceptors (Lipinski definition) is 3. The number of ketones is 1. The fraction of sp³-hybridized carbons (Fsp3) is 0.235. The predicted molar refractivity (Wildman–Crippen MR) is 84.8 cm³/mol. The van der Waals surface area contributed by atoms with Crippen LogP contribution in [0.1, 0.15) is 22.8 Å². The van der Waals surface area contributed by atoms with Crippen LogP contribution in [-0.2, 0) is 0 Å². The first-order valence-corrected chi connectivity index (χ1v) is 6.78. The third kappa shape index (κ3) is 3.18. The molecule has 1 N–H and O–H groups in total. The molecule has 0 bridgehead atoms. The number of hydrogen-bond donors (Lipinski definition) is 1. The van der Waals surface area contributed by atoms with Gasteiger partial charge in [-0.1, -0.05) is 0 Å². The highest BCUT2D eigenvalue weighted by molar-refractivity contribution is 6.09. The zero-order chi connectivity index (χ0) is 14.5. The Hall–Kier alpha value is -2.29. The number of nitrogens with one attached hydrogen (secondary N) is 1. The molecule has 0 atom stereocenters. The van der Waals surface area contributed by atoms with Crippen LogP contribution in [0.3, 0.4) is 0 Å². The van der Waals surface area contributed by atoms with Crippen molar-refractivity contribution in [3.63, 3.8) is 0 Å².